The predicted molar refractivity (Wildman–Crippen MR) is 133 cm³/mol. The minimum Gasteiger partial charge on any atom is -0.492 e. The molecule has 0 saturated heterocycles. The van der Waals surface area contributed by atoms with Gasteiger partial charge >= 0.3 is 0 Å². The van der Waals surface area contributed by atoms with Crippen LogP contribution in [0.3, 0.4) is 0 Å². The maximum absolute atomic E-state index is 6.00. The van der Waals surface area contributed by atoms with Gasteiger partial charge in [-0.1, -0.05) is 86.1 Å². The van der Waals surface area contributed by atoms with E-state index in [1.165, 1.54) is 27.8 Å². The maximum Gasteiger partial charge on any atom is 0.119 e. The number of hydrogen-bond acceptors (Lipinski definition) is 2. The molecule has 0 bridgehead atoms. The van der Waals surface area contributed by atoms with Crippen molar-refractivity contribution in [3.63, 3.8) is 0 Å². The van der Waals surface area contributed by atoms with Gasteiger partial charge < -0.3 is 9.64 Å². The summed E-state index contributed by atoms with van der Waals surface area (Å²) in [7, 11) is 2.13. The number of hydrogen-bond donors (Lipinski definition) is 0. The highest BCUT2D eigenvalue weighted by Gasteiger charge is 2.14. The Morgan fingerprint density at radius 3 is 1.87 bits per heavy atom. The van der Waals surface area contributed by atoms with Crippen molar-refractivity contribution in [3.05, 3.63) is 102 Å². The topological polar surface area (TPSA) is 12.5 Å². The van der Waals surface area contributed by atoms with Gasteiger partial charge in [0.25, 0.3) is 0 Å². The van der Waals surface area contributed by atoms with Crippen LogP contribution in [0, 0.1) is 0 Å². The fourth-order valence-corrected chi connectivity index (χ4v) is 3.71. The van der Waals surface area contributed by atoms with Crippen LogP contribution in [-0.2, 0) is 0 Å². The molecule has 2 nitrogen and oxygen atoms in total. The molecule has 0 unspecified atom stereocenters. The van der Waals surface area contributed by atoms with Crippen molar-refractivity contribution in [2.45, 2.75) is 39.7 Å². The van der Waals surface area contributed by atoms with Gasteiger partial charge in [0.05, 0.1) is 0 Å². The van der Waals surface area contributed by atoms with Crippen LogP contribution in [0.5, 0.6) is 5.75 Å². The van der Waals surface area contributed by atoms with Crippen LogP contribution in [0.1, 0.15) is 50.3 Å². The first-order valence-electron chi connectivity index (χ1n) is 11.4. The van der Waals surface area contributed by atoms with E-state index in [-0.39, 0.29) is 0 Å². The molecule has 0 aliphatic rings. The molecule has 0 aliphatic carbocycles. The van der Waals surface area contributed by atoms with E-state index in [0.29, 0.717) is 12.6 Å². The molecule has 3 rings (SSSR count). The zero-order valence-electron chi connectivity index (χ0n) is 19.3. The van der Waals surface area contributed by atoms with Gasteiger partial charge in [-0.15, -0.1) is 0 Å². The van der Waals surface area contributed by atoms with E-state index in [0.717, 1.165) is 25.1 Å². The molecule has 0 radical (unpaired) electrons. The number of benzene rings is 3. The summed E-state index contributed by atoms with van der Waals surface area (Å²) in [4.78, 5) is 2.29. The van der Waals surface area contributed by atoms with Crippen LogP contribution in [0.25, 0.3) is 11.1 Å². The highest BCUT2D eigenvalue weighted by atomic mass is 16.5. The third kappa shape index (κ3) is 6.32. The number of ether oxygens (including phenoxy) is 1. The van der Waals surface area contributed by atoms with Crippen molar-refractivity contribution >= 4 is 11.1 Å². The van der Waals surface area contributed by atoms with Gasteiger partial charge in [-0.3, -0.25) is 0 Å². The molecule has 0 aliphatic heterocycles. The Balaban J connectivity index is 1.93. The smallest absolute Gasteiger partial charge is 0.119 e. The zero-order valence-corrected chi connectivity index (χ0v) is 19.3. The molecular formula is C29H35NO. The third-order valence-corrected chi connectivity index (χ3v) is 5.72. The maximum atomic E-state index is 6.00. The summed E-state index contributed by atoms with van der Waals surface area (Å²) in [6, 6.07) is 30.6. The molecule has 3 aromatic rings. The van der Waals surface area contributed by atoms with Crippen molar-refractivity contribution < 1.29 is 4.74 Å². The Bertz CT molecular complexity index is 943. The van der Waals surface area contributed by atoms with Gasteiger partial charge in [0.2, 0.25) is 0 Å². The molecule has 0 amide bonds. The van der Waals surface area contributed by atoms with E-state index in [2.05, 4.69) is 118 Å². The second kappa shape index (κ2) is 11.5. The Morgan fingerprint density at radius 2 is 1.32 bits per heavy atom. The molecule has 0 N–H and O–H groups in total. The molecule has 31 heavy (non-hydrogen) atoms. The highest BCUT2D eigenvalue weighted by molar-refractivity contribution is 5.98. The highest BCUT2D eigenvalue weighted by Crippen LogP contribution is 2.35. The van der Waals surface area contributed by atoms with Crippen LogP contribution in [-0.4, -0.2) is 31.1 Å². The summed E-state index contributed by atoms with van der Waals surface area (Å²) in [5.74, 6) is 0.921. The van der Waals surface area contributed by atoms with Crippen molar-refractivity contribution in [1.29, 1.82) is 0 Å². The lowest BCUT2D eigenvalue weighted by molar-refractivity contribution is 0.208. The molecule has 0 spiro atoms. The Morgan fingerprint density at radius 1 is 0.774 bits per heavy atom. The number of allylic oxidation sites excluding steroid dienone is 1. The summed E-state index contributed by atoms with van der Waals surface area (Å²) in [5, 5.41) is 0. The first-order chi connectivity index (χ1) is 15.1. The lowest BCUT2D eigenvalue weighted by atomic mass is 9.87. The fraction of sp³-hybridized carbons (Fsp3) is 0.310. The van der Waals surface area contributed by atoms with E-state index in [4.69, 9.17) is 4.74 Å². The SMILES string of the molecule is CCC/C(=C(\c1ccccc1)c1ccc(OCCN(C)C(C)C)cc1)c1ccccc1. The van der Waals surface area contributed by atoms with Crippen molar-refractivity contribution in [3.8, 4) is 5.75 Å². The van der Waals surface area contributed by atoms with Crippen molar-refractivity contribution in [2.24, 2.45) is 0 Å². The average Bonchev–Trinajstić information content (AvgIpc) is 2.81. The zero-order chi connectivity index (χ0) is 22.1. The largest absolute Gasteiger partial charge is 0.492 e. The second-order valence-electron chi connectivity index (χ2n) is 8.28. The van der Waals surface area contributed by atoms with Crippen LogP contribution in [0.15, 0.2) is 84.9 Å². The van der Waals surface area contributed by atoms with Crippen LogP contribution >= 0.6 is 0 Å². The van der Waals surface area contributed by atoms with Crippen LogP contribution in [0.4, 0.5) is 0 Å². The minimum absolute atomic E-state index is 0.527. The Kier molecular flexibility index (Phi) is 8.49. The van der Waals surface area contributed by atoms with Gasteiger partial charge in [-0.2, -0.15) is 0 Å². The molecule has 0 aromatic heterocycles. The van der Waals surface area contributed by atoms with Crippen LogP contribution < -0.4 is 4.74 Å². The van der Waals surface area contributed by atoms with Crippen molar-refractivity contribution in [1.82, 2.24) is 4.90 Å². The summed E-state index contributed by atoms with van der Waals surface area (Å²) in [5.41, 5.74) is 6.47. The van der Waals surface area contributed by atoms with E-state index < -0.39 is 0 Å². The van der Waals surface area contributed by atoms with Gasteiger partial charge in [0.1, 0.15) is 12.4 Å². The standard InChI is InChI=1S/C29H35NO/c1-5-12-28(24-13-8-6-9-14-24)29(25-15-10-7-11-16-25)26-17-19-27(20-18-26)31-22-21-30(4)23(2)3/h6-11,13-20,23H,5,12,21-22H2,1-4H3/b29-28-. The van der Waals surface area contributed by atoms with Gasteiger partial charge in [-0.25, -0.2) is 0 Å². The first-order valence-corrected chi connectivity index (χ1v) is 11.4. The summed E-state index contributed by atoms with van der Waals surface area (Å²) >= 11 is 0. The van der Waals surface area contributed by atoms with E-state index in [9.17, 15) is 0 Å². The molecule has 0 saturated carbocycles. The summed E-state index contributed by atoms with van der Waals surface area (Å²) < 4.78 is 6.00. The normalized spacial score (nSPS) is 12.2. The Hall–Kier alpha value is -2.84. The molecule has 0 atom stereocenters. The monoisotopic (exact) mass is 413 g/mol. The number of rotatable bonds is 10. The van der Waals surface area contributed by atoms with Crippen LogP contribution in [0.2, 0.25) is 0 Å². The lowest BCUT2D eigenvalue weighted by Gasteiger charge is -2.21. The lowest BCUT2D eigenvalue weighted by Crippen LogP contribution is -2.30. The molecular weight excluding hydrogens is 378 g/mol. The molecule has 0 heterocycles. The van der Waals surface area contributed by atoms with E-state index in [1.807, 2.05) is 0 Å². The quantitative estimate of drug-likeness (QED) is 0.327. The molecule has 0 fully saturated rings. The Labute approximate surface area is 188 Å². The second-order valence-corrected chi connectivity index (χ2v) is 8.28. The van der Waals surface area contributed by atoms with Gasteiger partial charge in [0.15, 0.2) is 0 Å². The molecule has 162 valence electrons. The molecule has 2 heteroatoms. The van der Waals surface area contributed by atoms with Gasteiger partial charge in [-0.05, 0) is 67.3 Å². The van der Waals surface area contributed by atoms with E-state index >= 15 is 0 Å². The fourth-order valence-electron chi connectivity index (χ4n) is 3.71. The van der Waals surface area contributed by atoms with Crippen molar-refractivity contribution in [2.75, 3.05) is 20.2 Å². The van der Waals surface area contributed by atoms with E-state index in [1.54, 1.807) is 0 Å². The number of nitrogens with zero attached hydrogens (tertiary/aromatic N) is 1. The minimum atomic E-state index is 0.527. The third-order valence-electron chi connectivity index (χ3n) is 5.72. The average molecular weight is 414 g/mol. The summed E-state index contributed by atoms with van der Waals surface area (Å²) in [6.45, 7) is 8.26. The number of likely N-dealkylation sites (N-methyl/N-ethyl adjacent to an activating group) is 1. The summed E-state index contributed by atoms with van der Waals surface area (Å²) in [6.07, 6.45) is 2.14. The molecule has 3 aromatic carbocycles. The predicted octanol–water partition coefficient (Wildman–Crippen LogP) is 7.16. The van der Waals surface area contributed by atoms with Gasteiger partial charge in [0, 0.05) is 12.6 Å². The first kappa shape index (κ1) is 22.8.